The van der Waals surface area contributed by atoms with E-state index in [1.165, 1.54) is 13.0 Å². The molecule has 3 heterocycles. The number of piperazine rings is 1. The van der Waals surface area contributed by atoms with Gasteiger partial charge in [0.05, 0.1) is 18.0 Å². The van der Waals surface area contributed by atoms with E-state index >= 15 is 0 Å². The summed E-state index contributed by atoms with van der Waals surface area (Å²) in [6, 6.07) is 9.71. The molecule has 1 saturated heterocycles. The Morgan fingerprint density at radius 1 is 1.06 bits per heavy atom. The SMILES string of the molecule is CC(=O)N1C=Cc2ccccc2C1CC(=O)N1CCN(c2ccc(C(F)(F)F)cn2)CC1. The summed E-state index contributed by atoms with van der Waals surface area (Å²) in [5.41, 5.74) is 1.14. The van der Waals surface area contributed by atoms with Gasteiger partial charge in [-0.25, -0.2) is 4.98 Å². The fraction of sp³-hybridized carbons (Fsp3) is 0.348. The number of hydrogen-bond acceptors (Lipinski definition) is 4. The van der Waals surface area contributed by atoms with E-state index in [9.17, 15) is 22.8 Å². The van der Waals surface area contributed by atoms with Crippen molar-refractivity contribution in [2.45, 2.75) is 25.6 Å². The Morgan fingerprint density at radius 2 is 1.78 bits per heavy atom. The van der Waals surface area contributed by atoms with Crippen molar-refractivity contribution in [3.8, 4) is 0 Å². The number of amides is 2. The first-order valence-corrected chi connectivity index (χ1v) is 10.4. The van der Waals surface area contributed by atoms with Crippen molar-refractivity contribution in [3.63, 3.8) is 0 Å². The number of carbonyl (C=O) groups is 2. The van der Waals surface area contributed by atoms with E-state index in [0.717, 1.165) is 23.4 Å². The van der Waals surface area contributed by atoms with Crippen LogP contribution in [-0.2, 0) is 15.8 Å². The van der Waals surface area contributed by atoms with Crippen molar-refractivity contribution in [2.24, 2.45) is 0 Å². The van der Waals surface area contributed by atoms with Gasteiger partial charge in [-0.05, 0) is 29.3 Å². The molecule has 1 aromatic heterocycles. The molecule has 9 heteroatoms. The molecule has 4 rings (SSSR count). The fourth-order valence-electron chi connectivity index (χ4n) is 4.13. The van der Waals surface area contributed by atoms with E-state index in [-0.39, 0.29) is 24.3 Å². The first-order chi connectivity index (χ1) is 15.2. The average molecular weight is 444 g/mol. The summed E-state index contributed by atoms with van der Waals surface area (Å²) >= 11 is 0. The maximum absolute atomic E-state index is 13.0. The molecule has 1 aromatic carbocycles. The topological polar surface area (TPSA) is 56.8 Å². The molecule has 2 aliphatic rings. The molecule has 0 saturated carbocycles. The number of pyridine rings is 1. The summed E-state index contributed by atoms with van der Waals surface area (Å²) < 4.78 is 38.2. The predicted octanol–water partition coefficient (Wildman–Crippen LogP) is 3.71. The molecule has 0 aliphatic carbocycles. The molecule has 0 spiro atoms. The Morgan fingerprint density at radius 3 is 2.41 bits per heavy atom. The summed E-state index contributed by atoms with van der Waals surface area (Å²) in [6.45, 7) is 3.30. The summed E-state index contributed by atoms with van der Waals surface area (Å²) in [5, 5.41) is 0. The van der Waals surface area contributed by atoms with Crippen molar-refractivity contribution < 1.29 is 22.8 Å². The Hall–Kier alpha value is -3.36. The van der Waals surface area contributed by atoms with Crippen molar-refractivity contribution in [1.29, 1.82) is 0 Å². The van der Waals surface area contributed by atoms with Gasteiger partial charge in [0.25, 0.3) is 0 Å². The highest BCUT2D eigenvalue weighted by Crippen LogP contribution is 2.33. The van der Waals surface area contributed by atoms with E-state index in [1.54, 1.807) is 16.0 Å². The molecule has 1 fully saturated rings. The Balaban J connectivity index is 1.40. The second-order valence-corrected chi connectivity index (χ2v) is 7.86. The Kier molecular flexibility index (Phi) is 5.90. The second kappa shape index (κ2) is 8.64. The van der Waals surface area contributed by atoms with Gasteiger partial charge in [-0.1, -0.05) is 24.3 Å². The lowest BCUT2D eigenvalue weighted by Gasteiger charge is -2.38. The highest BCUT2D eigenvalue weighted by atomic mass is 19.4. The molecular weight excluding hydrogens is 421 g/mol. The van der Waals surface area contributed by atoms with Gasteiger partial charge >= 0.3 is 6.18 Å². The quantitative estimate of drug-likeness (QED) is 0.724. The minimum atomic E-state index is -4.42. The molecule has 2 aromatic rings. The van der Waals surface area contributed by atoms with Crippen LogP contribution in [0.15, 0.2) is 48.8 Å². The van der Waals surface area contributed by atoms with Crippen LogP contribution >= 0.6 is 0 Å². The number of nitrogens with zero attached hydrogens (tertiary/aromatic N) is 4. The molecule has 2 amide bonds. The fourth-order valence-corrected chi connectivity index (χ4v) is 4.13. The zero-order valence-electron chi connectivity index (χ0n) is 17.5. The molecule has 0 N–H and O–H groups in total. The van der Waals surface area contributed by atoms with Crippen LogP contribution < -0.4 is 4.90 Å². The van der Waals surface area contributed by atoms with Gasteiger partial charge in [0.2, 0.25) is 11.8 Å². The Labute approximate surface area is 183 Å². The highest BCUT2D eigenvalue weighted by molar-refractivity contribution is 5.82. The van der Waals surface area contributed by atoms with E-state index in [2.05, 4.69) is 4.98 Å². The molecule has 32 heavy (non-hydrogen) atoms. The van der Waals surface area contributed by atoms with Crippen LogP contribution in [0.3, 0.4) is 0 Å². The van der Waals surface area contributed by atoms with Crippen LogP contribution in [0.4, 0.5) is 19.0 Å². The zero-order valence-corrected chi connectivity index (χ0v) is 17.5. The number of anilines is 1. The maximum atomic E-state index is 13.0. The molecule has 0 bridgehead atoms. The number of halogens is 3. The van der Waals surface area contributed by atoms with Crippen LogP contribution in [0.25, 0.3) is 6.08 Å². The number of hydrogen-bond donors (Lipinski definition) is 0. The van der Waals surface area contributed by atoms with Gasteiger partial charge in [-0.2, -0.15) is 13.2 Å². The van der Waals surface area contributed by atoms with Crippen LogP contribution in [0, 0.1) is 0 Å². The van der Waals surface area contributed by atoms with Gasteiger partial charge < -0.3 is 14.7 Å². The molecule has 0 radical (unpaired) electrons. The van der Waals surface area contributed by atoms with E-state index in [0.29, 0.717) is 32.0 Å². The van der Waals surface area contributed by atoms with Crippen molar-refractivity contribution in [2.75, 3.05) is 31.1 Å². The molecule has 1 atom stereocenters. The highest BCUT2D eigenvalue weighted by Gasteiger charge is 2.32. The third-order valence-corrected chi connectivity index (χ3v) is 5.87. The number of carbonyl (C=O) groups excluding carboxylic acids is 2. The smallest absolute Gasteiger partial charge is 0.353 e. The van der Waals surface area contributed by atoms with Gasteiger partial charge in [0.1, 0.15) is 5.82 Å². The lowest BCUT2D eigenvalue weighted by atomic mass is 9.93. The van der Waals surface area contributed by atoms with E-state index in [4.69, 9.17) is 0 Å². The van der Waals surface area contributed by atoms with Gasteiger partial charge in [-0.15, -0.1) is 0 Å². The number of aromatic nitrogens is 1. The maximum Gasteiger partial charge on any atom is 0.417 e. The first-order valence-electron chi connectivity index (χ1n) is 10.4. The lowest BCUT2D eigenvalue weighted by Crippen LogP contribution is -2.49. The second-order valence-electron chi connectivity index (χ2n) is 7.86. The zero-order chi connectivity index (χ0) is 22.9. The summed E-state index contributed by atoms with van der Waals surface area (Å²) in [4.78, 5) is 34.3. The van der Waals surface area contributed by atoms with E-state index in [1.807, 2.05) is 35.2 Å². The standard InChI is InChI=1S/C23H23F3N4O2/c1-16(31)30-9-8-17-4-2-3-5-19(17)20(30)14-22(32)29-12-10-28(11-13-29)21-7-6-18(15-27-21)23(24,25)26/h2-9,15,20H,10-14H2,1H3. The summed E-state index contributed by atoms with van der Waals surface area (Å²) in [7, 11) is 0. The minimum Gasteiger partial charge on any atom is -0.353 e. The number of alkyl halides is 3. The minimum absolute atomic E-state index is 0.0635. The van der Waals surface area contributed by atoms with Crippen LogP contribution in [0.2, 0.25) is 0 Å². The van der Waals surface area contributed by atoms with Crippen LogP contribution in [0.1, 0.15) is 36.1 Å². The number of rotatable bonds is 3. The third-order valence-electron chi connectivity index (χ3n) is 5.87. The van der Waals surface area contributed by atoms with Gasteiger partial charge in [0, 0.05) is 45.5 Å². The monoisotopic (exact) mass is 444 g/mol. The van der Waals surface area contributed by atoms with Crippen LogP contribution in [-0.4, -0.2) is 52.8 Å². The predicted molar refractivity (Wildman–Crippen MR) is 113 cm³/mol. The largest absolute Gasteiger partial charge is 0.417 e. The third kappa shape index (κ3) is 4.46. The van der Waals surface area contributed by atoms with Gasteiger partial charge in [-0.3, -0.25) is 9.59 Å². The lowest BCUT2D eigenvalue weighted by molar-refractivity contribution is -0.138. The molecular formula is C23H23F3N4O2. The van der Waals surface area contributed by atoms with Gasteiger partial charge in [0.15, 0.2) is 0 Å². The van der Waals surface area contributed by atoms with Crippen molar-refractivity contribution in [3.05, 3.63) is 65.5 Å². The number of fused-ring (bicyclic) bond motifs is 1. The first kappa shape index (κ1) is 21.9. The number of benzene rings is 1. The summed E-state index contributed by atoms with van der Waals surface area (Å²) in [5.74, 6) is 0.261. The molecule has 168 valence electrons. The molecule has 1 unspecified atom stereocenters. The van der Waals surface area contributed by atoms with Crippen LogP contribution in [0.5, 0.6) is 0 Å². The summed E-state index contributed by atoms with van der Waals surface area (Å²) in [6.07, 6.45) is 0.165. The normalized spacial score (nSPS) is 18.5. The van der Waals surface area contributed by atoms with Crippen molar-refractivity contribution >= 4 is 23.7 Å². The average Bonchev–Trinajstić information content (AvgIpc) is 2.78. The van der Waals surface area contributed by atoms with E-state index < -0.39 is 11.7 Å². The molecule has 6 nitrogen and oxygen atoms in total. The Bertz CT molecular complexity index is 1030. The van der Waals surface area contributed by atoms with Crippen molar-refractivity contribution in [1.82, 2.24) is 14.8 Å². The molecule has 2 aliphatic heterocycles.